The van der Waals surface area contributed by atoms with Crippen molar-refractivity contribution in [3.63, 3.8) is 0 Å². The third kappa shape index (κ3) is 19.6. The molecule has 10 rings (SSSR count). The topological polar surface area (TPSA) is 596 Å². The molecule has 10 fully saturated rings. The second kappa shape index (κ2) is 38.2. The molecule has 39 nitrogen and oxygen atoms in total. The lowest BCUT2D eigenvalue weighted by Gasteiger charge is -2.52. The van der Waals surface area contributed by atoms with Gasteiger partial charge in [-0.1, -0.05) is 12.2 Å². The number of carbonyl (C=O) groups excluding carboxylic acids is 2. The molecule has 10 aliphatic rings. The van der Waals surface area contributed by atoms with Crippen LogP contribution in [0.3, 0.4) is 0 Å². The van der Waals surface area contributed by atoms with Crippen LogP contribution in [0.15, 0.2) is 24.3 Å². The SMILES string of the molecule is COC1CC(C=CC(=O)OC[C@H]2O[C@@H](OC3CC(O)C4CC(O[C@@H]5O[C@H](CO[C@@H]6O[C@H](COC(=O)C=CC7CC(OC)C(O)C(OC)C7)[C@@H](O)[C@H](O[C@@H]7O[C@H](CO)[C@@H](O)[C@H](O)[C@H]7O)[C@H]6O)[C@@H](O)[C@H](O)[C@H]5O)C(C5CCC(O)C(O[C@@H]6O[C@H](CO)[C@@H](O)[C@H](O)[C@H]6O)C5)OC4C3)[C@H](O)[C@@H](O)[C@@H]2O)CC(OC)C1O. The molecule has 20 N–H and O–H groups in total. The summed E-state index contributed by atoms with van der Waals surface area (Å²) in [5.74, 6) is -3.97. The van der Waals surface area contributed by atoms with Crippen LogP contribution in [0.25, 0.3) is 0 Å². The van der Waals surface area contributed by atoms with E-state index in [4.69, 9.17) is 80.5 Å². The molecular weight excluding hydrogens is 1430 g/mol. The van der Waals surface area contributed by atoms with Gasteiger partial charge in [-0.15, -0.1) is 0 Å². The quantitative estimate of drug-likeness (QED) is 0.0282. The number of rotatable bonds is 26. The molecule has 39 heteroatoms. The van der Waals surface area contributed by atoms with Gasteiger partial charge in [0.1, 0.15) is 148 Å². The third-order valence-electron chi connectivity index (χ3n) is 22.4. The lowest BCUT2D eigenvalue weighted by atomic mass is 9.72. The fourth-order valence-electron chi connectivity index (χ4n) is 16.1. The number of allylic oxidation sites excluding steroid dienone is 2. The highest BCUT2D eigenvalue weighted by molar-refractivity contribution is 5.82. The predicted octanol–water partition coefficient (Wildman–Crippen LogP) is -9.90. The van der Waals surface area contributed by atoms with Crippen molar-refractivity contribution in [1.29, 1.82) is 0 Å². The molecule has 0 aromatic rings. The highest BCUT2D eigenvalue weighted by Crippen LogP contribution is 2.46. The van der Waals surface area contributed by atoms with Crippen molar-refractivity contribution in [2.75, 3.05) is 61.5 Å². The van der Waals surface area contributed by atoms with Crippen molar-refractivity contribution >= 4 is 11.9 Å². The molecule has 0 aromatic heterocycles. The molecule has 4 aliphatic carbocycles. The standard InChI is InChI=1S/C67H108O39/c1-90-33-11-24(12-34(91-2)45(33)74)5-9-43(72)94-21-40-49(78)54(83)56(85)64(104-40)97-27-16-30(71)28-18-37(61(98-31(28)17-27)26-7-8-29(70)32(15-26)99-65-57(86)52(81)47(76)38(19-68)101-65)100-66-58(87)55(84)50(79)41(105-66)23-96-63-60(89)62(106-67-59(88)53(82)48(77)39(20-69)102-67)51(80)42(103-63)22-95-44(73)10-6-25-13-35(92-3)46(75)36(14-25)93-4/h5-6,9-10,24-42,45-71,74-89H,7-8,11-23H2,1-4H3/t24?,25?,26?,27?,28?,29?,30?,31?,32?,33?,34?,35?,36?,37?,38-,39-,40-,41-,42-,45?,46?,47-,48-,49-,50-,51-,52+,53+,54+,55+,56-,57-,58-,59-,60-,61?,62+,63-,64-,65-,66-,67+/m1/s1. The Bertz CT molecular complexity index is 2750. The maximum absolute atomic E-state index is 13.3. The Hall–Kier alpha value is -2.98. The second-order valence-electron chi connectivity index (χ2n) is 29.2. The van der Waals surface area contributed by atoms with E-state index in [1.54, 1.807) is 6.08 Å². The zero-order valence-corrected chi connectivity index (χ0v) is 58.9. The van der Waals surface area contributed by atoms with E-state index >= 15 is 0 Å². The van der Waals surface area contributed by atoms with Crippen molar-refractivity contribution < 1.29 is 192 Å². The summed E-state index contributed by atoms with van der Waals surface area (Å²) in [7, 11) is 5.71. The number of hydrogen-bond donors (Lipinski definition) is 20. The first-order valence-corrected chi connectivity index (χ1v) is 36.0. The monoisotopic (exact) mass is 1540 g/mol. The summed E-state index contributed by atoms with van der Waals surface area (Å²) in [6.45, 7) is -3.96. The summed E-state index contributed by atoms with van der Waals surface area (Å²) in [4.78, 5) is 26.3. The molecule has 0 bridgehead atoms. The Labute approximate surface area is 609 Å². The second-order valence-corrected chi connectivity index (χ2v) is 29.2. The molecule has 0 spiro atoms. The Morgan fingerprint density at radius 1 is 0.358 bits per heavy atom. The van der Waals surface area contributed by atoms with Crippen molar-refractivity contribution in [3.8, 4) is 0 Å². The summed E-state index contributed by atoms with van der Waals surface area (Å²) in [6, 6.07) is 0. The molecule has 6 heterocycles. The first-order valence-electron chi connectivity index (χ1n) is 36.0. The Balaban J connectivity index is 0.841. The van der Waals surface area contributed by atoms with Crippen LogP contribution in [0.1, 0.15) is 64.2 Å². The summed E-state index contributed by atoms with van der Waals surface area (Å²) in [5.41, 5.74) is 0. The van der Waals surface area contributed by atoms with Gasteiger partial charge >= 0.3 is 11.9 Å². The minimum Gasteiger partial charge on any atom is -0.460 e. The van der Waals surface area contributed by atoms with E-state index in [9.17, 15) is 112 Å². The average molecular weight is 1540 g/mol. The normalized spacial score (nSPS) is 49.8. The van der Waals surface area contributed by atoms with Gasteiger partial charge in [-0.25, -0.2) is 9.59 Å². The van der Waals surface area contributed by atoms with E-state index in [-0.39, 0.29) is 50.4 Å². The van der Waals surface area contributed by atoms with Gasteiger partial charge in [-0.2, -0.15) is 0 Å². The first kappa shape index (κ1) is 85.4. The fraction of sp³-hybridized carbons (Fsp3) is 0.910. The van der Waals surface area contributed by atoms with Gasteiger partial charge in [0.2, 0.25) is 0 Å². The van der Waals surface area contributed by atoms with Crippen LogP contribution in [0.4, 0.5) is 0 Å². The van der Waals surface area contributed by atoms with Crippen molar-refractivity contribution in [2.45, 2.75) is 297 Å². The lowest BCUT2D eigenvalue weighted by Crippen LogP contribution is -2.65. The molecule has 13 unspecified atom stereocenters. The molecule has 0 radical (unpaired) electrons. The van der Waals surface area contributed by atoms with Crippen molar-refractivity contribution in [3.05, 3.63) is 24.3 Å². The van der Waals surface area contributed by atoms with Gasteiger partial charge in [0.05, 0.1) is 87.0 Å². The number of hydrogen-bond acceptors (Lipinski definition) is 39. The van der Waals surface area contributed by atoms with Crippen LogP contribution >= 0.6 is 0 Å². The number of fused-ring (bicyclic) bond motifs is 1. The van der Waals surface area contributed by atoms with Gasteiger partial charge in [-0.05, 0) is 69.1 Å². The van der Waals surface area contributed by atoms with Crippen molar-refractivity contribution in [1.82, 2.24) is 0 Å². The highest BCUT2D eigenvalue weighted by Gasteiger charge is 2.57. The number of carbonyl (C=O) groups is 2. The van der Waals surface area contributed by atoms with E-state index in [0.717, 1.165) is 12.2 Å². The van der Waals surface area contributed by atoms with Gasteiger partial charge < -0.3 is 183 Å². The van der Waals surface area contributed by atoms with E-state index in [1.807, 2.05) is 0 Å². The number of aliphatic hydroxyl groups is 20. The Morgan fingerprint density at radius 3 is 1.23 bits per heavy atom. The third-order valence-corrected chi connectivity index (χ3v) is 22.4. The average Bonchev–Trinajstić information content (AvgIpc) is 0.767. The molecule has 0 aromatic carbocycles. The molecule has 610 valence electrons. The van der Waals surface area contributed by atoms with Crippen LogP contribution in [-0.4, -0.2) is 408 Å². The number of aliphatic hydroxyl groups excluding tert-OH is 20. The van der Waals surface area contributed by atoms with Crippen LogP contribution in [0.5, 0.6) is 0 Å². The molecule has 6 saturated heterocycles. The molecule has 6 aliphatic heterocycles. The number of methoxy groups -OCH3 is 4. The van der Waals surface area contributed by atoms with Gasteiger partial charge in [0.15, 0.2) is 31.5 Å². The minimum absolute atomic E-state index is 0.0132. The van der Waals surface area contributed by atoms with Crippen molar-refractivity contribution in [2.24, 2.45) is 23.7 Å². The maximum atomic E-state index is 13.3. The zero-order chi connectivity index (χ0) is 76.9. The minimum atomic E-state index is -2.12. The Morgan fingerprint density at radius 2 is 0.764 bits per heavy atom. The van der Waals surface area contributed by atoms with Gasteiger partial charge in [0.25, 0.3) is 0 Å². The van der Waals surface area contributed by atoms with Crippen LogP contribution in [-0.2, 0) is 90.1 Å². The molecule has 0 amide bonds. The zero-order valence-electron chi connectivity index (χ0n) is 58.9. The van der Waals surface area contributed by atoms with E-state index in [0.29, 0.717) is 25.7 Å². The summed E-state index contributed by atoms with van der Waals surface area (Å²) >= 11 is 0. The highest BCUT2D eigenvalue weighted by atomic mass is 16.8. The molecule has 4 saturated carbocycles. The summed E-state index contributed by atoms with van der Waals surface area (Å²) < 4.78 is 99.3. The maximum Gasteiger partial charge on any atom is 0.330 e. The van der Waals surface area contributed by atoms with Crippen LogP contribution < -0.4 is 0 Å². The number of ether oxygens (including phenoxy) is 17. The van der Waals surface area contributed by atoms with Gasteiger partial charge in [0, 0.05) is 59.4 Å². The van der Waals surface area contributed by atoms with E-state index in [2.05, 4.69) is 0 Å². The molecule has 106 heavy (non-hydrogen) atoms. The van der Waals surface area contributed by atoms with Crippen LogP contribution in [0.2, 0.25) is 0 Å². The van der Waals surface area contributed by atoms with Crippen LogP contribution in [0, 0.1) is 23.7 Å². The Kier molecular flexibility index (Phi) is 30.8. The predicted molar refractivity (Wildman–Crippen MR) is 343 cm³/mol. The summed E-state index contributed by atoms with van der Waals surface area (Å²) in [6.07, 6.45) is -52.2. The fourth-order valence-corrected chi connectivity index (χ4v) is 16.1. The molecular formula is C67H108O39. The van der Waals surface area contributed by atoms with E-state index in [1.165, 1.54) is 34.5 Å². The lowest BCUT2D eigenvalue weighted by molar-refractivity contribution is -0.368. The summed E-state index contributed by atoms with van der Waals surface area (Å²) in [5, 5.41) is 220. The van der Waals surface area contributed by atoms with Gasteiger partial charge in [-0.3, -0.25) is 0 Å². The number of esters is 2. The smallest absolute Gasteiger partial charge is 0.330 e. The molecule has 38 atom stereocenters. The van der Waals surface area contributed by atoms with E-state index < -0.39 is 290 Å². The first-order chi connectivity index (χ1) is 50.5. The largest absolute Gasteiger partial charge is 0.460 e.